The first-order chi connectivity index (χ1) is 14.5. The zero-order chi connectivity index (χ0) is 21.5. The van der Waals surface area contributed by atoms with Crippen molar-refractivity contribution < 1.29 is 13.6 Å². The summed E-state index contributed by atoms with van der Waals surface area (Å²) < 4.78 is 26.5. The molecule has 3 rings (SSSR count). The SMILES string of the molecule is CCN(CC)CCCNC(=O)C1CCN(c2nc(C(F)F)nc3ccccc23)CC1. The number of nitrogens with zero attached hydrogens (tertiary/aromatic N) is 4. The van der Waals surface area contributed by atoms with Crippen LogP contribution in [0, 0.1) is 5.92 Å². The van der Waals surface area contributed by atoms with Gasteiger partial charge in [-0.2, -0.15) is 0 Å². The first-order valence-corrected chi connectivity index (χ1v) is 10.8. The molecule has 1 aliphatic rings. The molecule has 30 heavy (non-hydrogen) atoms. The molecule has 1 aromatic carbocycles. The minimum Gasteiger partial charge on any atom is -0.356 e. The van der Waals surface area contributed by atoms with Crippen LogP contribution in [0.4, 0.5) is 14.6 Å². The van der Waals surface area contributed by atoms with E-state index in [-0.39, 0.29) is 11.8 Å². The van der Waals surface area contributed by atoms with Crippen molar-refractivity contribution in [3.05, 3.63) is 30.1 Å². The Hall–Kier alpha value is -2.35. The lowest BCUT2D eigenvalue weighted by Crippen LogP contribution is -2.41. The van der Waals surface area contributed by atoms with E-state index in [9.17, 15) is 13.6 Å². The molecular weight excluding hydrogens is 388 g/mol. The molecule has 0 spiro atoms. The number of halogens is 2. The van der Waals surface area contributed by atoms with E-state index in [2.05, 4.69) is 34.0 Å². The topological polar surface area (TPSA) is 61.4 Å². The van der Waals surface area contributed by atoms with E-state index in [1.807, 2.05) is 17.0 Å². The zero-order valence-corrected chi connectivity index (χ0v) is 17.8. The third-order valence-electron chi connectivity index (χ3n) is 5.81. The molecule has 0 unspecified atom stereocenters. The molecule has 0 radical (unpaired) electrons. The number of carbonyl (C=O) groups excluding carboxylic acids is 1. The fourth-order valence-electron chi connectivity index (χ4n) is 3.97. The van der Waals surface area contributed by atoms with Gasteiger partial charge in [0, 0.05) is 30.9 Å². The van der Waals surface area contributed by atoms with E-state index >= 15 is 0 Å². The Morgan fingerprint density at radius 3 is 2.57 bits per heavy atom. The Morgan fingerprint density at radius 2 is 1.90 bits per heavy atom. The first kappa shape index (κ1) is 22.3. The van der Waals surface area contributed by atoms with Gasteiger partial charge in [0.05, 0.1) is 5.52 Å². The van der Waals surface area contributed by atoms with Crippen LogP contribution in [0.3, 0.4) is 0 Å². The van der Waals surface area contributed by atoms with Crippen LogP contribution in [-0.4, -0.2) is 60.0 Å². The second kappa shape index (κ2) is 10.6. The number of anilines is 1. The second-order valence-electron chi connectivity index (χ2n) is 7.66. The van der Waals surface area contributed by atoms with Crippen LogP contribution >= 0.6 is 0 Å². The van der Waals surface area contributed by atoms with Gasteiger partial charge in [0.2, 0.25) is 5.91 Å². The molecule has 2 aromatic rings. The normalized spacial score (nSPS) is 15.3. The fourth-order valence-corrected chi connectivity index (χ4v) is 3.97. The quantitative estimate of drug-likeness (QED) is 0.629. The number of carbonyl (C=O) groups is 1. The smallest absolute Gasteiger partial charge is 0.297 e. The number of rotatable bonds is 9. The van der Waals surface area contributed by atoms with E-state index in [0.717, 1.165) is 31.4 Å². The van der Waals surface area contributed by atoms with Gasteiger partial charge in [0.1, 0.15) is 5.82 Å². The van der Waals surface area contributed by atoms with Gasteiger partial charge in [0.15, 0.2) is 5.82 Å². The van der Waals surface area contributed by atoms with Crippen molar-refractivity contribution in [2.24, 2.45) is 5.92 Å². The van der Waals surface area contributed by atoms with Gasteiger partial charge in [-0.15, -0.1) is 0 Å². The summed E-state index contributed by atoms with van der Waals surface area (Å²) in [5.74, 6) is 0.137. The Balaban J connectivity index is 1.57. The second-order valence-corrected chi connectivity index (χ2v) is 7.66. The highest BCUT2D eigenvalue weighted by molar-refractivity contribution is 5.89. The molecule has 0 saturated carbocycles. The highest BCUT2D eigenvalue weighted by Gasteiger charge is 2.27. The van der Waals surface area contributed by atoms with Gasteiger partial charge in [-0.1, -0.05) is 26.0 Å². The Labute approximate surface area is 176 Å². The predicted octanol–water partition coefficient (Wildman–Crippen LogP) is 3.63. The highest BCUT2D eigenvalue weighted by atomic mass is 19.3. The van der Waals surface area contributed by atoms with Crippen LogP contribution in [0.2, 0.25) is 0 Å². The van der Waals surface area contributed by atoms with Crippen molar-refractivity contribution >= 4 is 22.6 Å². The number of fused-ring (bicyclic) bond motifs is 1. The third-order valence-corrected chi connectivity index (χ3v) is 5.81. The Kier molecular flexibility index (Phi) is 7.90. The van der Waals surface area contributed by atoms with E-state index in [4.69, 9.17) is 0 Å². The number of amides is 1. The summed E-state index contributed by atoms with van der Waals surface area (Å²) >= 11 is 0. The average molecular weight is 420 g/mol. The maximum atomic E-state index is 13.3. The summed E-state index contributed by atoms with van der Waals surface area (Å²) in [6.45, 7) is 9.22. The molecule has 6 nitrogen and oxygen atoms in total. The van der Waals surface area contributed by atoms with E-state index in [1.165, 1.54) is 0 Å². The first-order valence-electron chi connectivity index (χ1n) is 10.8. The number of nitrogens with one attached hydrogen (secondary N) is 1. The van der Waals surface area contributed by atoms with Crippen molar-refractivity contribution in [2.45, 2.75) is 39.5 Å². The zero-order valence-electron chi connectivity index (χ0n) is 17.8. The number of para-hydroxylation sites is 1. The number of alkyl halides is 2. The lowest BCUT2D eigenvalue weighted by atomic mass is 9.95. The number of hydrogen-bond acceptors (Lipinski definition) is 5. The Bertz CT molecular complexity index is 835. The maximum absolute atomic E-state index is 13.3. The standard InChI is InChI=1S/C22H31F2N5O/c1-3-28(4-2)13-7-12-25-22(30)16-10-14-29(15-11-16)21-17-8-5-6-9-18(17)26-20(27-21)19(23)24/h5-6,8-9,16,19H,3-4,7,10-15H2,1-2H3,(H,25,30). The van der Waals surface area contributed by atoms with Crippen LogP contribution in [0.15, 0.2) is 24.3 Å². The summed E-state index contributed by atoms with van der Waals surface area (Å²) in [7, 11) is 0. The number of hydrogen-bond donors (Lipinski definition) is 1. The van der Waals surface area contributed by atoms with Gasteiger partial charge in [-0.05, 0) is 51.0 Å². The van der Waals surface area contributed by atoms with Gasteiger partial charge >= 0.3 is 0 Å². The third kappa shape index (κ3) is 5.41. The van der Waals surface area contributed by atoms with Crippen molar-refractivity contribution in [3.8, 4) is 0 Å². The minimum absolute atomic E-state index is 0.0441. The molecule has 164 valence electrons. The van der Waals surface area contributed by atoms with E-state index < -0.39 is 12.2 Å². The van der Waals surface area contributed by atoms with Gasteiger partial charge in [-0.25, -0.2) is 18.7 Å². The van der Waals surface area contributed by atoms with Crippen molar-refractivity contribution in [1.29, 1.82) is 0 Å². The molecule has 1 saturated heterocycles. The average Bonchev–Trinajstić information content (AvgIpc) is 2.78. The molecule has 1 aromatic heterocycles. The Morgan fingerprint density at radius 1 is 1.20 bits per heavy atom. The monoisotopic (exact) mass is 419 g/mol. The molecule has 1 amide bonds. The van der Waals surface area contributed by atoms with Crippen LogP contribution in [-0.2, 0) is 4.79 Å². The number of aromatic nitrogens is 2. The largest absolute Gasteiger partial charge is 0.356 e. The van der Waals surface area contributed by atoms with E-state index in [1.54, 1.807) is 12.1 Å². The molecule has 0 aliphatic carbocycles. The molecule has 1 aliphatic heterocycles. The van der Waals surface area contributed by atoms with Crippen molar-refractivity contribution in [1.82, 2.24) is 20.2 Å². The maximum Gasteiger partial charge on any atom is 0.297 e. The van der Waals surface area contributed by atoms with Crippen molar-refractivity contribution in [3.63, 3.8) is 0 Å². The predicted molar refractivity (Wildman–Crippen MR) is 115 cm³/mol. The van der Waals surface area contributed by atoms with E-state index in [0.29, 0.717) is 43.8 Å². The molecule has 0 atom stereocenters. The fraction of sp³-hybridized carbons (Fsp3) is 0.591. The molecule has 8 heteroatoms. The molecular formula is C22H31F2N5O. The summed E-state index contributed by atoms with van der Waals surface area (Å²) in [4.78, 5) is 25.0. The minimum atomic E-state index is -2.71. The van der Waals surface area contributed by atoms with Gasteiger partial charge in [-0.3, -0.25) is 4.79 Å². The lowest BCUT2D eigenvalue weighted by Gasteiger charge is -2.33. The van der Waals surface area contributed by atoms with Crippen LogP contribution in [0.1, 0.15) is 45.4 Å². The molecule has 2 heterocycles. The molecule has 0 bridgehead atoms. The van der Waals surface area contributed by atoms with Crippen LogP contribution in [0.5, 0.6) is 0 Å². The summed E-state index contributed by atoms with van der Waals surface area (Å²) in [6, 6.07) is 7.22. The lowest BCUT2D eigenvalue weighted by molar-refractivity contribution is -0.125. The molecule has 1 fully saturated rings. The van der Waals surface area contributed by atoms with Gasteiger partial charge < -0.3 is 15.1 Å². The number of piperidine rings is 1. The molecule has 1 N–H and O–H groups in total. The summed E-state index contributed by atoms with van der Waals surface area (Å²) in [6.07, 6.45) is -0.405. The summed E-state index contributed by atoms with van der Waals surface area (Å²) in [5, 5.41) is 3.82. The van der Waals surface area contributed by atoms with Crippen LogP contribution < -0.4 is 10.2 Å². The number of benzene rings is 1. The van der Waals surface area contributed by atoms with Crippen LogP contribution in [0.25, 0.3) is 10.9 Å². The van der Waals surface area contributed by atoms with Crippen molar-refractivity contribution in [2.75, 3.05) is 44.2 Å². The van der Waals surface area contributed by atoms with Gasteiger partial charge in [0.25, 0.3) is 6.43 Å². The highest BCUT2D eigenvalue weighted by Crippen LogP contribution is 2.30. The summed E-state index contributed by atoms with van der Waals surface area (Å²) in [5.41, 5.74) is 0.519.